The van der Waals surface area contributed by atoms with Crippen LogP contribution in [0.4, 0.5) is 23.2 Å². The number of fused-ring (bicyclic) bond motifs is 1. The summed E-state index contributed by atoms with van der Waals surface area (Å²) >= 11 is 0. The van der Waals surface area contributed by atoms with Crippen LogP contribution in [0.2, 0.25) is 0 Å². The number of carbonyl (C=O) groups is 1. The van der Waals surface area contributed by atoms with Gasteiger partial charge in [0.05, 0.1) is 0 Å². The zero-order valence-corrected chi connectivity index (χ0v) is 16.6. The number of alkyl halides is 3. The first-order valence-corrected chi connectivity index (χ1v) is 9.83. The highest BCUT2D eigenvalue weighted by atomic mass is 19.4. The predicted molar refractivity (Wildman–Crippen MR) is 110 cm³/mol. The van der Waals surface area contributed by atoms with Gasteiger partial charge in [-0.15, -0.1) is 0 Å². The number of hydrogen-bond donors (Lipinski definition) is 3. The summed E-state index contributed by atoms with van der Waals surface area (Å²) in [6, 6.07) is 16.1. The van der Waals surface area contributed by atoms with E-state index in [1.807, 2.05) is 18.3 Å². The molecule has 0 atom stereocenters. The summed E-state index contributed by atoms with van der Waals surface area (Å²) < 4.78 is 45.9. The lowest BCUT2D eigenvalue weighted by atomic mass is 10.0. The SMILES string of the molecule is Fc1ccccc1CN(c1ccc2[nH]ccc2c1)C1CCNCC1.O=C(O)C(F)(F)F. The second kappa shape index (κ2) is 9.82. The van der Waals surface area contributed by atoms with Crippen molar-refractivity contribution in [1.82, 2.24) is 10.3 Å². The summed E-state index contributed by atoms with van der Waals surface area (Å²) in [6.45, 7) is 2.64. The molecular weight excluding hydrogens is 414 g/mol. The van der Waals surface area contributed by atoms with E-state index in [-0.39, 0.29) is 5.82 Å². The van der Waals surface area contributed by atoms with Gasteiger partial charge in [-0.25, -0.2) is 9.18 Å². The van der Waals surface area contributed by atoms with Crippen molar-refractivity contribution in [2.24, 2.45) is 0 Å². The minimum Gasteiger partial charge on any atom is -0.475 e. The number of rotatable bonds is 4. The second-order valence-electron chi connectivity index (χ2n) is 7.25. The Morgan fingerprint density at radius 2 is 1.77 bits per heavy atom. The topological polar surface area (TPSA) is 68.4 Å². The summed E-state index contributed by atoms with van der Waals surface area (Å²) in [6.07, 6.45) is -0.959. The van der Waals surface area contributed by atoms with Crippen molar-refractivity contribution in [3.63, 3.8) is 0 Å². The van der Waals surface area contributed by atoms with Gasteiger partial charge in [-0.05, 0) is 56.3 Å². The van der Waals surface area contributed by atoms with Crippen LogP contribution < -0.4 is 10.2 Å². The zero-order chi connectivity index (χ0) is 22.4. The number of aromatic nitrogens is 1. The number of nitrogens with zero attached hydrogens (tertiary/aromatic N) is 1. The molecule has 0 unspecified atom stereocenters. The first-order chi connectivity index (χ1) is 14.8. The molecule has 0 amide bonds. The molecular formula is C22H23F4N3O2. The Kier molecular flexibility index (Phi) is 7.17. The Morgan fingerprint density at radius 1 is 1.10 bits per heavy atom. The third-order valence-electron chi connectivity index (χ3n) is 5.16. The van der Waals surface area contributed by atoms with Crippen molar-refractivity contribution < 1.29 is 27.5 Å². The zero-order valence-electron chi connectivity index (χ0n) is 16.6. The molecule has 3 N–H and O–H groups in total. The highest BCUT2D eigenvalue weighted by molar-refractivity contribution is 5.83. The van der Waals surface area contributed by atoms with Gasteiger partial charge in [0.1, 0.15) is 5.82 Å². The smallest absolute Gasteiger partial charge is 0.475 e. The monoisotopic (exact) mass is 437 g/mol. The lowest BCUT2D eigenvalue weighted by Gasteiger charge is -2.36. The van der Waals surface area contributed by atoms with Gasteiger partial charge in [0.15, 0.2) is 0 Å². The number of hydrogen-bond acceptors (Lipinski definition) is 3. The fourth-order valence-corrected chi connectivity index (χ4v) is 3.58. The Balaban J connectivity index is 0.000000339. The quantitative estimate of drug-likeness (QED) is 0.518. The van der Waals surface area contributed by atoms with Crippen LogP contribution in [0, 0.1) is 5.82 Å². The molecule has 1 aromatic heterocycles. The van der Waals surface area contributed by atoms with E-state index in [9.17, 15) is 17.6 Å². The summed E-state index contributed by atoms with van der Waals surface area (Å²) in [7, 11) is 0. The fourth-order valence-electron chi connectivity index (χ4n) is 3.58. The van der Waals surface area contributed by atoms with Crippen molar-refractivity contribution in [3.05, 3.63) is 66.1 Å². The van der Waals surface area contributed by atoms with Gasteiger partial charge >= 0.3 is 12.1 Å². The molecule has 0 bridgehead atoms. The van der Waals surface area contributed by atoms with Gasteiger partial charge in [0, 0.05) is 40.9 Å². The highest BCUT2D eigenvalue weighted by Crippen LogP contribution is 2.28. The highest BCUT2D eigenvalue weighted by Gasteiger charge is 2.38. The molecule has 166 valence electrons. The molecule has 3 aromatic rings. The lowest BCUT2D eigenvalue weighted by molar-refractivity contribution is -0.192. The van der Waals surface area contributed by atoms with E-state index in [0.29, 0.717) is 12.6 Å². The predicted octanol–water partition coefficient (Wildman–Crippen LogP) is 4.70. The number of aliphatic carboxylic acids is 1. The minimum atomic E-state index is -5.08. The van der Waals surface area contributed by atoms with Crippen molar-refractivity contribution in [2.45, 2.75) is 31.6 Å². The number of carboxylic acids is 1. The van der Waals surface area contributed by atoms with Crippen molar-refractivity contribution in [2.75, 3.05) is 18.0 Å². The number of aromatic amines is 1. The van der Waals surface area contributed by atoms with Gasteiger partial charge in [0.25, 0.3) is 0 Å². The van der Waals surface area contributed by atoms with Crippen LogP contribution >= 0.6 is 0 Å². The van der Waals surface area contributed by atoms with Crippen LogP contribution in [0.5, 0.6) is 0 Å². The Bertz CT molecular complexity index is 1010. The molecule has 1 aliphatic heterocycles. The van der Waals surface area contributed by atoms with Gasteiger partial charge in [-0.1, -0.05) is 18.2 Å². The van der Waals surface area contributed by atoms with Crippen LogP contribution in [-0.4, -0.2) is 41.4 Å². The van der Waals surface area contributed by atoms with Gasteiger partial charge in [-0.2, -0.15) is 13.2 Å². The number of carboxylic acid groups (broad SMARTS) is 1. The molecule has 0 radical (unpaired) electrons. The largest absolute Gasteiger partial charge is 0.490 e. The van der Waals surface area contributed by atoms with E-state index in [4.69, 9.17) is 9.90 Å². The fraction of sp³-hybridized carbons (Fsp3) is 0.318. The lowest BCUT2D eigenvalue weighted by Crippen LogP contribution is -2.43. The third-order valence-corrected chi connectivity index (χ3v) is 5.16. The van der Waals surface area contributed by atoms with E-state index in [2.05, 4.69) is 39.5 Å². The Labute approximate surface area is 176 Å². The van der Waals surface area contributed by atoms with Crippen LogP contribution in [0.3, 0.4) is 0 Å². The van der Waals surface area contributed by atoms with Crippen LogP contribution in [-0.2, 0) is 11.3 Å². The third kappa shape index (κ3) is 5.97. The number of nitrogens with one attached hydrogen (secondary N) is 2. The molecule has 0 spiro atoms. The van der Waals surface area contributed by atoms with Gasteiger partial charge in [0.2, 0.25) is 0 Å². The molecule has 5 nitrogen and oxygen atoms in total. The minimum absolute atomic E-state index is 0.126. The van der Waals surface area contributed by atoms with Gasteiger partial charge < -0.3 is 20.3 Å². The molecule has 1 aliphatic rings. The summed E-state index contributed by atoms with van der Waals surface area (Å²) in [5, 5.41) is 11.7. The number of halogens is 4. The maximum Gasteiger partial charge on any atom is 0.490 e. The molecule has 4 rings (SSSR count). The summed E-state index contributed by atoms with van der Waals surface area (Å²) in [4.78, 5) is 14.5. The average molecular weight is 437 g/mol. The first kappa shape index (κ1) is 22.6. The molecule has 2 heterocycles. The van der Waals surface area contributed by atoms with Gasteiger partial charge in [-0.3, -0.25) is 0 Å². The van der Waals surface area contributed by atoms with Crippen molar-refractivity contribution in [1.29, 1.82) is 0 Å². The molecule has 2 aromatic carbocycles. The molecule has 1 saturated heterocycles. The van der Waals surface area contributed by atoms with E-state index >= 15 is 0 Å². The van der Waals surface area contributed by atoms with Crippen molar-refractivity contribution >= 4 is 22.6 Å². The maximum atomic E-state index is 14.2. The van der Waals surface area contributed by atoms with E-state index in [1.165, 1.54) is 5.39 Å². The van der Waals surface area contributed by atoms with Crippen LogP contribution in [0.25, 0.3) is 10.9 Å². The average Bonchev–Trinajstić information content (AvgIpc) is 3.21. The molecule has 1 fully saturated rings. The maximum absolute atomic E-state index is 14.2. The summed E-state index contributed by atoms with van der Waals surface area (Å²) in [5.74, 6) is -2.88. The molecule has 0 saturated carbocycles. The number of H-pyrrole nitrogens is 1. The standard InChI is InChI=1S/C20H22FN3.C2HF3O2/c21-19-4-2-1-3-16(19)14-24(17-8-10-22-11-9-17)18-5-6-20-15(13-18)7-12-23-20;3-2(4,5)1(6)7/h1-7,12-13,17,22-23H,8-11,14H2;(H,6,7). The molecule has 9 heteroatoms. The normalized spacial score (nSPS) is 14.7. The summed E-state index contributed by atoms with van der Waals surface area (Å²) in [5.41, 5.74) is 3.05. The second-order valence-corrected chi connectivity index (χ2v) is 7.25. The molecule has 31 heavy (non-hydrogen) atoms. The van der Waals surface area contributed by atoms with Crippen LogP contribution in [0.1, 0.15) is 18.4 Å². The number of anilines is 1. The number of benzene rings is 2. The molecule has 0 aliphatic carbocycles. The first-order valence-electron chi connectivity index (χ1n) is 9.83. The van der Waals surface area contributed by atoms with Crippen LogP contribution in [0.15, 0.2) is 54.7 Å². The van der Waals surface area contributed by atoms with E-state index < -0.39 is 12.1 Å². The Hall–Kier alpha value is -3.07. The van der Waals surface area contributed by atoms with Crippen molar-refractivity contribution in [3.8, 4) is 0 Å². The van der Waals surface area contributed by atoms with E-state index in [1.54, 1.807) is 12.1 Å². The Morgan fingerprint density at radius 3 is 2.42 bits per heavy atom. The van der Waals surface area contributed by atoms with E-state index in [0.717, 1.165) is 42.7 Å². The number of piperidine rings is 1.